The molecule has 0 bridgehead atoms. The number of amides is 2. The maximum Gasteiger partial charge on any atom is 0.336 e. The van der Waals surface area contributed by atoms with Gasteiger partial charge in [0, 0.05) is 29.2 Å². The highest BCUT2D eigenvalue weighted by Crippen LogP contribution is 2.20. The third-order valence-corrected chi connectivity index (χ3v) is 2.63. The maximum absolute atomic E-state index is 11.6. The summed E-state index contributed by atoms with van der Waals surface area (Å²) in [6.07, 6.45) is 0. The van der Waals surface area contributed by atoms with Crippen molar-refractivity contribution in [2.75, 3.05) is 5.32 Å². The summed E-state index contributed by atoms with van der Waals surface area (Å²) < 4.78 is 5.12. The lowest BCUT2D eigenvalue weighted by Crippen LogP contribution is -2.34. The van der Waals surface area contributed by atoms with Gasteiger partial charge in [-0.05, 0) is 38.5 Å². The van der Waals surface area contributed by atoms with Crippen molar-refractivity contribution in [3.63, 3.8) is 0 Å². The smallest absolute Gasteiger partial charge is 0.336 e. The van der Waals surface area contributed by atoms with Crippen LogP contribution in [0.25, 0.3) is 11.0 Å². The Morgan fingerprint density at radius 2 is 2.00 bits per heavy atom. The summed E-state index contributed by atoms with van der Waals surface area (Å²) in [6.45, 7) is 5.60. The van der Waals surface area contributed by atoms with E-state index >= 15 is 0 Å². The molecule has 0 radical (unpaired) electrons. The molecular formula is C14H16N2O3. The molecule has 0 aliphatic heterocycles. The van der Waals surface area contributed by atoms with E-state index in [-0.39, 0.29) is 12.1 Å². The average molecular weight is 260 g/mol. The summed E-state index contributed by atoms with van der Waals surface area (Å²) in [5.41, 5.74) is 1.50. The Hall–Kier alpha value is -2.30. The molecule has 1 heterocycles. The van der Waals surface area contributed by atoms with Gasteiger partial charge < -0.3 is 15.1 Å². The molecule has 2 aromatic rings. The molecule has 2 N–H and O–H groups in total. The monoisotopic (exact) mass is 260 g/mol. The number of urea groups is 1. The van der Waals surface area contributed by atoms with Crippen LogP contribution in [-0.2, 0) is 0 Å². The van der Waals surface area contributed by atoms with E-state index in [0.717, 1.165) is 10.9 Å². The van der Waals surface area contributed by atoms with Crippen LogP contribution < -0.4 is 16.3 Å². The molecule has 100 valence electrons. The van der Waals surface area contributed by atoms with E-state index in [1.807, 2.05) is 26.8 Å². The van der Waals surface area contributed by atoms with E-state index in [4.69, 9.17) is 4.42 Å². The van der Waals surface area contributed by atoms with Gasteiger partial charge in [-0.3, -0.25) is 0 Å². The summed E-state index contributed by atoms with van der Waals surface area (Å²) in [5.74, 6) is 0. The fourth-order valence-electron chi connectivity index (χ4n) is 1.83. The molecular weight excluding hydrogens is 244 g/mol. The summed E-state index contributed by atoms with van der Waals surface area (Å²) >= 11 is 0. The first-order chi connectivity index (χ1) is 8.95. The van der Waals surface area contributed by atoms with Crippen molar-refractivity contribution in [3.8, 4) is 0 Å². The number of carbonyl (C=O) groups is 1. The number of carbonyl (C=O) groups excluding carboxylic acids is 1. The van der Waals surface area contributed by atoms with Crippen LogP contribution in [0.15, 0.2) is 33.5 Å². The Morgan fingerprint density at radius 3 is 2.68 bits per heavy atom. The minimum absolute atomic E-state index is 0.0561. The minimum Gasteiger partial charge on any atom is -0.423 e. The van der Waals surface area contributed by atoms with Gasteiger partial charge in [-0.15, -0.1) is 0 Å². The minimum atomic E-state index is -0.395. The van der Waals surface area contributed by atoms with Gasteiger partial charge in [-0.25, -0.2) is 9.59 Å². The normalized spacial score (nSPS) is 10.7. The van der Waals surface area contributed by atoms with Crippen LogP contribution >= 0.6 is 0 Å². The number of rotatable bonds is 2. The van der Waals surface area contributed by atoms with Crippen LogP contribution in [0.4, 0.5) is 10.5 Å². The number of nitrogens with one attached hydrogen (secondary N) is 2. The molecule has 2 rings (SSSR count). The zero-order valence-corrected chi connectivity index (χ0v) is 11.1. The molecule has 0 aliphatic rings. The van der Waals surface area contributed by atoms with E-state index in [0.29, 0.717) is 11.3 Å². The van der Waals surface area contributed by atoms with Gasteiger partial charge in [-0.1, -0.05) is 0 Å². The number of benzene rings is 1. The van der Waals surface area contributed by atoms with Gasteiger partial charge in [0.05, 0.1) is 0 Å². The van der Waals surface area contributed by atoms with Crippen LogP contribution in [0.1, 0.15) is 19.4 Å². The van der Waals surface area contributed by atoms with Crippen LogP contribution in [0.5, 0.6) is 0 Å². The first kappa shape index (κ1) is 13.1. The van der Waals surface area contributed by atoms with Crippen molar-refractivity contribution >= 4 is 22.7 Å². The Labute approximate surface area is 110 Å². The van der Waals surface area contributed by atoms with E-state index < -0.39 is 5.63 Å². The van der Waals surface area contributed by atoms with E-state index in [9.17, 15) is 9.59 Å². The van der Waals surface area contributed by atoms with Crippen LogP contribution in [0, 0.1) is 6.92 Å². The Bertz CT molecular complexity index is 674. The zero-order valence-electron chi connectivity index (χ0n) is 11.1. The fourth-order valence-corrected chi connectivity index (χ4v) is 1.83. The van der Waals surface area contributed by atoms with Crippen LogP contribution in [0.3, 0.4) is 0 Å². The SMILES string of the molecule is Cc1cc(=O)oc2cc(NC(=O)NC(C)C)ccc12. The molecule has 0 aliphatic carbocycles. The quantitative estimate of drug-likeness (QED) is 0.815. The van der Waals surface area contributed by atoms with Gasteiger partial charge in [0.2, 0.25) is 0 Å². The second-order valence-electron chi connectivity index (χ2n) is 4.71. The largest absolute Gasteiger partial charge is 0.423 e. The molecule has 5 heteroatoms. The van der Waals surface area contributed by atoms with Crippen molar-refractivity contribution in [2.45, 2.75) is 26.8 Å². The zero-order chi connectivity index (χ0) is 14.0. The first-order valence-electron chi connectivity index (χ1n) is 6.08. The number of aryl methyl sites for hydroxylation is 1. The highest BCUT2D eigenvalue weighted by molar-refractivity contribution is 5.92. The number of hydrogen-bond acceptors (Lipinski definition) is 3. The molecule has 0 spiro atoms. The van der Waals surface area contributed by atoms with Gasteiger partial charge in [0.1, 0.15) is 5.58 Å². The highest BCUT2D eigenvalue weighted by Gasteiger charge is 2.06. The summed E-state index contributed by atoms with van der Waals surface area (Å²) in [6, 6.07) is 6.45. The standard InChI is InChI=1S/C14H16N2O3/c1-8(2)15-14(18)16-10-4-5-11-9(3)6-13(17)19-12(11)7-10/h4-8H,1-3H3,(H2,15,16,18). The molecule has 1 aromatic heterocycles. The Balaban J connectivity index is 2.31. The molecule has 0 saturated carbocycles. The van der Waals surface area contributed by atoms with Gasteiger partial charge in [-0.2, -0.15) is 0 Å². The van der Waals surface area contributed by atoms with Gasteiger partial charge in [0.25, 0.3) is 0 Å². The molecule has 19 heavy (non-hydrogen) atoms. The molecule has 0 unspecified atom stereocenters. The second kappa shape index (κ2) is 5.14. The predicted octanol–water partition coefficient (Wildman–Crippen LogP) is 2.63. The third kappa shape index (κ3) is 3.13. The summed E-state index contributed by atoms with van der Waals surface area (Å²) in [4.78, 5) is 22.9. The molecule has 0 fully saturated rings. The van der Waals surface area contributed by atoms with E-state index in [2.05, 4.69) is 10.6 Å². The van der Waals surface area contributed by atoms with Crippen molar-refractivity contribution in [3.05, 3.63) is 40.2 Å². The first-order valence-corrected chi connectivity index (χ1v) is 6.08. The van der Waals surface area contributed by atoms with Crippen LogP contribution in [0.2, 0.25) is 0 Å². The fraction of sp³-hybridized carbons (Fsp3) is 0.286. The number of fused-ring (bicyclic) bond motifs is 1. The van der Waals surface area contributed by atoms with Crippen molar-refractivity contribution in [1.82, 2.24) is 5.32 Å². The van der Waals surface area contributed by atoms with Gasteiger partial charge >= 0.3 is 11.7 Å². The number of hydrogen-bond donors (Lipinski definition) is 2. The topological polar surface area (TPSA) is 71.3 Å². The second-order valence-corrected chi connectivity index (χ2v) is 4.71. The molecule has 5 nitrogen and oxygen atoms in total. The summed E-state index contributed by atoms with van der Waals surface area (Å²) in [5, 5.41) is 6.27. The summed E-state index contributed by atoms with van der Waals surface area (Å²) in [7, 11) is 0. The lowest BCUT2D eigenvalue weighted by molar-refractivity contribution is 0.250. The third-order valence-electron chi connectivity index (χ3n) is 2.63. The van der Waals surface area contributed by atoms with Crippen LogP contribution in [-0.4, -0.2) is 12.1 Å². The average Bonchev–Trinajstić information content (AvgIpc) is 2.26. The van der Waals surface area contributed by atoms with Crippen molar-refractivity contribution in [1.29, 1.82) is 0 Å². The molecule has 1 aromatic carbocycles. The van der Waals surface area contributed by atoms with Crippen molar-refractivity contribution < 1.29 is 9.21 Å². The molecule has 2 amide bonds. The lowest BCUT2D eigenvalue weighted by atomic mass is 10.1. The Kier molecular flexibility index (Phi) is 3.55. The van der Waals surface area contributed by atoms with Crippen molar-refractivity contribution in [2.24, 2.45) is 0 Å². The highest BCUT2D eigenvalue weighted by atomic mass is 16.4. The maximum atomic E-state index is 11.6. The Morgan fingerprint density at radius 1 is 1.26 bits per heavy atom. The number of anilines is 1. The van der Waals surface area contributed by atoms with E-state index in [1.54, 1.807) is 12.1 Å². The predicted molar refractivity (Wildman–Crippen MR) is 74.5 cm³/mol. The lowest BCUT2D eigenvalue weighted by Gasteiger charge is -2.10. The molecule has 0 saturated heterocycles. The van der Waals surface area contributed by atoms with Gasteiger partial charge in [0.15, 0.2) is 0 Å². The molecule has 0 atom stereocenters. The van der Waals surface area contributed by atoms with E-state index in [1.165, 1.54) is 6.07 Å².